The molecule has 7 nitrogen and oxygen atoms in total. The van der Waals surface area contributed by atoms with Gasteiger partial charge >= 0.3 is 0 Å². The summed E-state index contributed by atoms with van der Waals surface area (Å²) in [6, 6.07) is 38.7. The van der Waals surface area contributed by atoms with Crippen LogP contribution < -0.4 is 15.2 Å². The van der Waals surface area contributed by atoms with Crippen LogP contribution in [0.5, 0.6) is 17.2 Å². The number of aromatic nitrogens is 1. The summed E-state index contributed by atoms with van der Waals surface area (Å²) >= 11 is 0. The molecule has 1 aromatic heterocycles. The molecule has 0 saturated carbocycles. The van der Waals surface area contributed by atoms with E-state index in [9.17, 15) is 14.6 Å². The third kappa shape index (κ3) is 8.35. The van der Waals surface area contributed by atoms with Crippen molar-refractivity contribution in [3.63, 3.8) is 0 Å². The van der Waals surface area contributed by atoms with Crippen LogP contribution in [0.1, 0.15) is 28.4 Å². The van der Waals surface area contributed by atoms with E-state index in [1.54, 1.807) is 30.5 Å². The summed E-state index contributed by atoms with van der Waals surface area (Å²) in [5, 5.41) is 22.6. The van der Waals surface area contributed by atoms with Gasteiger partial charge in [0.1, 0.15) is 29.7 Å². The molecule has 6 rings (SSSR count). The van der Waals surface area contributed by atoms with Crippen LogP contribution in [0.15, 0.2) is 134 Å². The number of benzene rings is 5. The maximum absolute atomic E-state index is 13.9. The molecular formula is C40H38FN3O4. The highest BCUT2D eigenvalue weighted by Gasteiger charge is 2.23. The summed E-state index contributed by atoms with van der Waals surface area (Å²) in [5.41, 5.74) is 11.2. The number of aliphatic hydroxyl groups excluding tert-OH is 2. The van der Waals surface area contributed by atoms with Crippen LogP contribution in [0.25, 0.3) is 10.9 Å². The average molecular weight is 644 g/mol. The highest BCUT2D eigenvalue weighted by molar-refractivity contribution is 5.85. The van der Waals surface area contributed by atoms with Gasteiger partial charge in [0.05, 0.1) is 23.9 Å². The number of nitrogen functional groups attached to an aromatic ring is 1. The highest BCUT2D eigenvalue weighted by atomic mass is 19.1. The number of halogens is 1. The van der Waals surface area contributed by atoms with E-state index in [-0.39, 0.29) is 25.0 Å². The molecule has 0 spiro atoms. The number of fused-ring (bicyclic) bond motifs is 1. The zero-order valence-corrected chi connectivity index (χ0v) is 26.5. The maximum atomic E-state index is 13.9. The van der Waals surface area contributed by atoms with Crippen LogP contribution in [0.3, 0.4) is 0 Å². The largest absolute Gasteiger partial charge is 0.487 e. The number of ether oxygens (including phenoxy) is 2. The summed E-state index contributed by atoms with van der Waals surface area (Å²) in [6.07, 6.45) is 1.31. The molecule has 5 aromatic carbocycles. The molecule has 0 aliphatic rings. The van der Waals surface area contributed by atoms with Gasteiger partial charge in [-0.2, -0.15) is 0 Å². The van der Waals surface area contributed by atoms with Gasteiger partial charge in [-0.1, -0.05) is 78.9 Å². The van der Waals surface area contributed by atoms with Crippen LogP contribution >= 0.6 is 0 Å². The lowest BCUT2D eigenvalue weighted by Gasteiger charge is -2.33. The fourth-order valence-corrected chi connectivity index (χ4v) is 5.71. The number of hydrogen-bond acceptors (Lipinski definition) is 7. The first-order chi connectivity index (χ1) is 23.4. The summed E-state index contributed by atoms with van der Waals surface area (Å²) in [4.78, 5) is 6.38. The van der Waals surface area contributed by atoms with E-state index in [1.165, 1.54) is 12.1 Å². The van der Waals surface area contributed by atoms with Gasteiger partial charge in [-0.15, -0.1) is 0 Å². The second-order valence-electron chi connectivity index (χ2n) is 11.8. The number of anilines is 1. The first-order valence-corrected chi connectivity index (χ1v) is 15.9. The van der Waals surface area contributed by atoms with E-state index in [1.807, 2.05) is 91.0 Å². The Morgan fingerprint density at radius 2 is 1.50 bits per heavy atom. The molecule has 2 atom stereocenters. The molecule has 0 unspecified atom stereocenters. The van der Waals surface area contributed by atoms with Crippen molar-refractivity contribution in [3.05, 3.63) is 162 Å². The van der Waals surface area contributed by atoms with Crippen molar-refractivity contribution in [1.82, 2.24) is 9.88 Å². The minimum atomic E-state index is -0.857. The lowest BCUT2D eigenvalue weighted by Crippen LogP contribution is -2.41. The maximum Gasteiger partial charge on any atom is 0.142 e. The summed E-state index contributed by atoms with van der Waals surface area (Å²) in [5.74, 6) is 1.31. The fourth-order valence-electron chi connectivity index (χ4n) is 5.71. The van der Waals surface area contributed by atoms with Crippen LogP contribution in [0.4, 0.5) is 10.1 Å². The van der Waals surface area contributed by atoms with Crippen molar-refractivity contribution in [1.29, 1.82) is 0 Å². The predicted molar refractivity (Wildman–Crippen MR) is 186 cm³/mol. The SMILES string of the molecule is Nc1cc([C@@H](O)CN(Cc2ccccc2)[C@H](CO)Cc2ccc(Oc3ccnc4ccc(F)cc34)cc2)ccc1OCc1ccccc1. The van der Waals surface area contributed by atoms with Gasteiger partial charge in [-0.25, -0.2) is 4.39 Å². The van der Waals surface area contributed by atoms with Crippen LogP contribution in [0, 0.1) is 5.82 Å². The van der Waals surface area contributed by atoms with Crippen molar-refractivity contribution in [2.75, 3.05) is 18.9 Å². The Kier molecular flexibility index (Phi) is 10.6. The molecular weight excluding hydrogens is 605 g/mol. The van der Waals surface area contributed by atoms with Crippen LogP contribution in [-0.2, 0) is 19.6 Å². The minimum Gasteiger partial charge on any atom is -0.487 e. The van der Waals surface area contributed by atoms with Gasteiger partial charge in [0, 0.05) is 30.7 Å². The number of aliphatic hydroxyl groups is 2. The zero-order chi connectivity index (χ0) is 33.3. The zero-order valence-electron chi connectivity index (χ0n) is 26.5. The van der Waals surface area contributed by atoms with Gasteiger partial charge in [-0.05, 0) is 77.2 Å². The second kappa shape index (κ2) is 15.5. The van der Waals surface area contributed by atoms with Gasteiger partial charge in [-0.3, -0.25) is 9.88 Å². The van der Waals surface area contributed by atoms with Crippen molar-refractivity contribution in [3.8, 4) is 17.2 Å². The molecule has 1 heterocycles. The quantitative estimate of drug-likeness (QED) is 0.106. The number of rotatable bonds is 14. The van der Waals surface area contributed by atoms with Crippen molar-refractivity contribution in [2.24, 2.45) is 0 Å². The smallest absolute Gasteiger partial charge is 0.142 e. The first kappa shape index (κ1) is 32.7. The Morgan fingerprint density at radius 3 is 2.21 bits per heavy atom. The fraction of sp³-hybridized carbons (Fsp3) is 0.175. The molecule has 0 radical (unpaired) electrons. The topological polar surface area (TPSA) is 101 Å². The molecule has 4 N–H and O–H groups in total. The van der Waals surface area contributed by atoms with Crippen molar-refractivity contribution >= 4 is 16.6 Å². The molecule has 6 aromatic rings. The van der Waals surface area contributed by atoms with E-state index < -0.39 is 6.10 Å². The minimum absolute atomic E-state index is 0.110. The Bertz CT molecular complexity index is 1920. The van der Waals surface area contributed by atoms with E-state index in [0.717, 1.165) is 16.7 Å². The van der Waals surface area contributed by atoms with Crippen molar-refractivity contribution < 1.29 is 24.1 Å². The molecule has 0 saturated heterocycles. The average Bonchev–Trinajstić information content (AvgIpc) is 3.11. The Labute approximate surface area is 279 Å². The molecule has 0 bridgehead atoms. The first-order valence-electron chi connectivity index (χ1n) is 15.9. The Hall–Kier alpha value is -5.28. The van der Waals surface area contributed by atoms with E-state index in [0.29, 0.717) is 59.0 Å². The van der Waals surface area contributed by atoms with Crippen LogP contribution in [-0.4, -0.2) is 39.3 Å². The number of pyridine rings is 1. The van der Waals surface area contributed by atoms with Gasteiger partial charge < -0.3 is 25.4 Å². The summed E-state index contributed by atoms with van der Waals surface area (Å²) in [6.45, 7) is 1.09. The van der Waals surface area contributed by atoms with E-state index in [2.05, 4.69) is 9.88 Å². The number of nitrogens with zero attached hydrogens (tertiary/aromatic N) is 2. The van der Waals surface area contributed by atoms with E-state index in [4.69, 9.17) is 15.2 Å². The lowest BCUT2D eigenvalue weighted by atomic mass is 10.0. The Morgan fingerprint density at radius 1 is 0.771 bits per heavy atom. The molecule has 8 heteroatoms. The molecule has 0 amide bonds. The number of hydrogen-bond donors (Lipinski definition) is 3. The molecule has 0 aliphatic heterocycles. The summed E-state index contributed by atoms with van der Waals surface area (Å²) in [7, 11) is 0. The van der Waals surface area contributed by atoms with Gasteiger partial charge in [0.2, 0.25) is 0 Å². The third-order valence-corrected chi connectivity index (χ3v) is 8.30. The second-order valence-corrected chi connectivity index (χ2v) is 11.8. The van der Waals surface area contributed by atoms with Gasteiger partial charge in [0.25, 0.3) is 0 Å². The molecule has 244 valence electrons. The molecule has 48 heavy (non-hydrogen) atoms. The Balaban J connectivity index is 1.15. The van der Waals surface area contributed by atoms with Gasteiger partial charge in [0.15, 0.2) is 0 Å². The summed E-state index contributed by atoms with van der Waals surface area (Å²) < 4.78 is 25.9. The predicted octanol–water partition coefficient (Wildman–Crippen LogP) is 7.47. The lowest BCUT2D eigenvalue weighted by molar-refractivity contribution is 0.0566. The van der Waals surface area contributed by atoms with Crippen molar-refractivity contribution in [2.45, 2.75) is 31.7 Å². The van der Waals surface area contributed by atoms with E-state index >= 15 is 0 Å². The molecule has 0 fully saturated rings. The highest BCUT2D eigenvalue weighted by Crippen LogP contribution is 2.31. The standard InChI is InChI=1S/C40H38FN3O4/c41-32-14-17-37-35(23-32)39(19-20-43-37)48-34-15-11-28(12-16-34)21-33(26-45)44(24-29-7-3-1-4-8-29)25-38(46)31-13-18-40(36(42)22-31)47-27-30-9-5-2-6-10-30/h1-20,22-23,33,38,45-46H,21,24-27,42H2/t33-,38-/m0/s1. The normalized spacial score (nSPS) is 12.6. The third-order valence-electron chi connectivity index (χ3n) is 8.30. The molecule has 0 aliphatic carbocycles. The number of nitrogens with two attached hydrogens (primary N) is 1. The van der Waals surface area contributed by atoms with Crippen LogP contribution in [0.2, 0.25) is 0 Å². The monoisotopic (exact) mass is 643 g/mol.